The second kappa shape index (κ2) is 4.83. The van der Waals surface area contributed by atoms with Crippen molar-refractivity contribution in [1.82, 2.24) is 5.32 Å². The lowest BCUT2D eigenvalue weighted by Gasteiger charge is -2.14. The molecule has 3 atom stereocenters. The number of rotatable bonds is 3. The molecule has 4 nitrogen and oxygen atoms in total. The van der Waals surface area contributed by atoms with E-state index in [9.17, 15) is 9.59 Å². The molecule has 0 aromatic rings. The fourth-order valence-electron chi connectivity index (χ4n) is 2.12. The van der Waals surface area contributed by atoms with Crippen molar-refractivity contribution in [2.75, 3.05) is 6.54 Å². The summed E-state index contributed by atoms with van der Waals surface area (Å²) in [5.74, 6) is 0.480. The summed E-state index contributed by atoms with van der Waals surface area (Å²) in [7, 11) is 0. The molecular weight excluding hydrogens is 194 g/mol. The molecule has 15 heavy (non-hydrogen) atoms. The highest BCUT2D eigenvalue weighted by Crippen LogP contribution is 2.36. The minimum absolute atomic E-state index is 0.163. The van der Waals surface area contributed by atoms with Crippen molar-refractivity contribution >= 4 is 11.9 Å². The Morgan fingerprint density at radius 2 is 2.07 bits per heavy atom. The fraction of sp³-hybridized carbons (Fsp3) is 0.636. The molecule has 1 unspecified atom stereocenters. The van der Waals surface area contributed by atoms with E-state index in [-0.39, 0.29) is 18.4 Å². The van der Waals surface area contributed by atoms with Crippen LogP contribution in [0, 0.1) is 30.1 Å². The van der Waals surface area contributed by atoms with Gasteiger partial charge in [-0.25, -0.2) is 0 Å². The Morgan fingerprint density at radius 1 is 1.47 bits per heavy atom. The number of carboxylic acids is 1. The molecule has 1 saturated carbocycles. The molecule has 1 aliphatic rings. The van der Waals surface area contributed by atoms with E-state index in [2.05, 4.69) is 11.2 Å². The smallest absolute Gasteiger partial charge is 0.307 e. The highest BCUT2D eigenvalue weighted by atomic mass is 16.4. The third-order valence-electron chi connectivity index (χ3n) is 2.82. The van der Waals surface area contributed by atoms with E-state index < -0.39 is 17.8 Å². The molecule has 1 fully saturated rings. The molecule has 1 aliphatic carbocycles. The van der Waals surface area contributed by atoms with Gasteiger partial charge in [-0.1, -0.05) is 12.8 Å². The van der Waals surface area contributed by atoms with E-state index >= 15 is 0 Å². The normalized spacial score (nSPS) is 29.5. The monoisotopic (exact) mass is 209 g/mol. The maximum atomic E-state index is 11.6. The highest BCUT2D eigenvalue weighted by Gasteiger charge is 2.40. The Labute approximate surface area is 89.0 Å². The number of carbonyl (C=O) groups excluding carboxylic acids is 1. The maximum Gasteiger partial charge on any atom is 0.307 e. The first kappa shape index (κ1) is 11.6. The van der Waals surface area contributed by atoms with Crippen LogP contribution in [0.25, 0.3) is 0 Å². The second-order valence-electron chi connectivity index (χ2n) is 4.05. The molecule has 0 bridgehead atoms. The Hall–Kier alpha value is -1.50. The minimum atomic E-state index is -0.889. The van der Waals surface area contributed by atoms with Crippen LogP contribution in [0.15, 0.2) is 0 Å². The fourth-order valence-corrected chi connectivity index (χ4v) is 2.12. The van der Waals surface area contributed by atoms with Gasteiger partial charge < -0.3 is 10.4 Å². The second-order valence-corrected chi connectivity index (χ2v) is 4.05. The number of aliphatic carboxylic acids is 1. The summed E-state index contributed by atoms with van der Waals surface area (Å²) in [6.45, 7) is 2.13. The predicted molar refractivity (Wildman–Crippen MR) is 54.9 cm³/mol. The summed E-state index contributed by atoms with van der Waals surface area (Å²) in [6.07, 6.45) is 6.22. The maximum absolute atomic E-state index is 11.6. The van der Waals surface area contributed by atoms with Crippen LogP contribution in [0.3, 0.4) is 0 Å². The molecule has 0 aromatic heterocycles. The number of hydrogen-bond acceptors (Lipinski definition) is 2. The third-order valence-corrected chi connectivity index (χ3v) is 2.82. The number of carbonyl (C=O) groups is 2. The van der Waals surface area contributed by atoms with Gasteiger partial charge in [-0.05, 0) is 18.8 Å². The lowest BCUT2D eigenvalue weighted by atomic mass is 9.95. The molecule has 0 spiro atoms. The standard InChI is InChI=1S/C11H15NO3/c1-3-4-12-10(13)8-5-7(2)6-9(8)11(14)15/h1,7-9H,4-6H2,2H3,(H,12,13)(H,14,15)/t7?,8-,9+/m0/s1. The first-order valence-electron chi connectivity index (χ1n) is 5.00. The van der Waals surface area contributed by atoms with Gasteiger partial charge in [0.25, 0.3) is 0 Å². The molecule has 0 saturated heterocycles. The van der Waals surface area contributed by atoms with Crippen LogP contribution in [0.5, 0.6) is 0 Å². The zero-order valence-electron chi connectivity index (χ0n) is 8.69. The molecule has 1 rings (SSSR count). The van der Waals surface area contributed by atoms with Gasteiger partial charge >= 0.3 is 5.97 Å². The van der Waals surface area contributed by atoms with Crippen LogP contribution in [-0.4, -0.2) is 23.5 Å². The van der Waals surface area contributed by atoms with Crippen molar-refractivity contribution in [1.29, 1.82) is 0 Å². The van der Waals surface area contributed by atoms with Crippen molar-refractivity contribution < 1.29 is 14.7 Å². The minimum Gasteiger partial charge on any atom is -0.481 e. The van der Waals surface area contributed by atoms with E-state index in [1.807, 2.05) is 6.92 Å². The average Bonchev–Trinajstić information content (AvgIpc) is 2.57. The Bertz CT molecular complexity index is 305. The summed E-state index contributed by atoms with van der Waals surface area (Å²) in [4.78, 5) is 22.5. The van der Waals surface area contributed by atoms with Crippen LogP contribution in [-0.2, 0) is 9.59 Å². The largest absolute Gasteiger partial charge is 0.481 e. The van der Waals surface area contributed by atoms with Gasteiger partial charge in [-0.15, -0.1) is 6.42 Å². The van der Waals surface area contributed by atoms with Gasteiger partial charge in [-0.3, -0.25) is 9.59 Å². The predicted octanol–water partition coefficient (Wildman–Crippen LogP) is 0.483. The van der Waals surface area contributed by atoms with Crippen molar-refractivity contribution in [2.45, 2.75) is 19.8 Å². The molecule has 2 N–H and O–H groups in total. The molecule has 0 heterocycles. The van der Waals surface area contributed by atoms with E-state index in [1.165, 1.54) is 0 Å². The lowest BCUT2D eigenvalue weighted by molar-refractivity contribution is -0.146. The first-order valence-corrected chi connectivity index (χ1v) is 5.00. The summed E-state index contributed by atoms with van der Waals surface area (Å²) in [6, 6.07) is 0. The average molecular weight is 209 g/mol. The molecule has 82 valence electrons. The summed E-state index contributed by atoms with van der Waals surface area (Å²) < 4.78 is 0. The SMILES string of the molecule is C#CCNC(=O)[C@H]1CC(C)C[C@H]1C(=O)O. The van der Waals surface area contributed by atoms with E-state index in [4.69, 9.17) is 11.5 Å². The van der Waals surface area contributed by atoms with E-state index in [0.29, 0.717) is 12.8 Å². The number of amides is 1. The Kier molecular flexibility index (Phi) is 3.73. The number of hydrogen-bond donors (Lipinski definition) is 2. The quantitative estimate of drug-likeness (QED) is 0.664. The lowest BCUT2D eigenvalue weighted by Crippen LogP contribution is -2.35. The van der Waals surface area contributed by atoms with Gasteiger partial charge in [0.15, 0.2) is 0 Å². The van der Waals surface area contributed by atoms with Crippen LogP contribution < -0.4 is 5.32 Å². The number of terminal acetylenes is 1. The Morgan fingerprint density at radius 3 is 2.60 bits per heavy atom. The summed E-state index contributed by atoms with van der Waals surface area (Å²) in [5, 5.41) is 11.5. The third kappa shape index (κ3) is 2.72. The summed E-state index contributed by atoms with van der Waals surface area (Å²) >= 11 is 0. The van der Waals surface area contributed by atoms with Gasteiger partial charge in [0.2, 0.25) is 5.91 Å². The molecule has 1 amide bonds. The number of carboxylic acid groups (broad SMARTS) is 1. The van der Waals surface area contributed by atoms with Crippen molar-refractivity contribution in [3.05, 3.63) is 0 Å². The first-order chi connectivity index (χ1) is 7.06. The molecule has 0 aromatic carbocycles. The zero-order valence-corrected chi connectivity index (χ0v) is 8.69. The zero-order chi connectivity index (χ0) is 11.4. The van der Waals surface area contributed by atoms with E-state index in [0.717, 1.165) is 0 Å². The van der Waals surface area contributed by atoms with Crippen LogP contribution in [0.2, 0.25) is 0 Å². The Balaban J connectivity index is 2.63. The molecule has 0 aliphatic heterocycles. The summed E-state index contributed by atoms with van der Waals surface area (Å²) in [5.41, 5.74) is 0. The van der Waals surface area contributed by atoms with Crippen molar-refractivity contribution in [2.24, 2.45) is 17.8 Å². The molecule has 4 heteroatoms. The van der Waals surface area contributed by atoms with Crippen LogP contribution in [0.4, 0.5) is 0 Å². The van der Waals surface area contributed by atoms with Gasteiger partial charge in [-0.2, -0.15) is 0 Å². The van der Waals surface area contributed by atoms with Gasteiger partial charge in [0, 0.05) is 0 Å². The van der Waals surface area contributed by atoms with Gasteiger partial charge in [0.05, 0.1) is 18.4 Å². The van der Waals surface area contributed by atoms with Crippen LogP contribution in [0.1, 0.15) is 19.8 Å². The van der Waals surface area contributed by atoms with Gasteiger partial charge in [0.1, 0.15) is 0 Å². The van der Waals surface area contributed by atoms with E-state index in [1.54, 1.807) is 0 Å². The van der Waals surface area contributed by atoms with Crippen molar-refractivity contribution in [3.8, 4) is 12.3 Å². The van der Waals surface area contributed by atoms with Crippen LogP contribution >= 0.6 is 0 Å². The molecular formula is C11H15NO3. The number of nitrogens with one attached hydrogen (secondary N) is 1. The highest BCUT2D eigenvalue weighted by molar-refractivity contribution is 5.85. The molecule has 0 radical (unpaired) electrons. The topological polar surface area (TPSA) is 66.4 Å². The van der Waals surface area contributed by atoms with Crippen molar-refractivity contribution in [3.63, 3.8) is 0 Å².